The van der Waals surface area contributed by atoms with Gasteiger partial charge < -0.3 is 19.8 Å². The molecule has 0 fully saturated rings. The first kappa shape index (κ1) is 21.4. The van der Waals surface area contributed by atoms with E-state index >= 15 is 0 Å². The monoisotopic (exact) mass is 429 g/mol. The van der Waals surface area contributed by atoms with E-state index in [1.807, 2.05) is 54.7 Å². The molecule has 0 spiro atoms. The Balaban J connectivity index is 1.59. The standard InChI is InChI=1S/C26H27N3O3/c1-4-20-21-14-19(26(30)28-13-11-17-6-5-12-27-16-17)7-9-22(21)29-25(20)18-8-10-23(31-2)24(15-18)32-3/h5-10,12,14-16,29H,4,11,13H2,1-3H3,(H,28,30). The molecule has 0 atom stereocenters. The maximum absolute atomic E-state index is 12.7. The number of amides is 1. The molecule has 6 heteroatoms. The predicted octanol–water partition coefficient (Wildman–Crippen LogP) is 4.78. The van der Waals surface area contributed by atoms with Crippen LogP contribution in [-0.2, 0) is 12.8 Å². The maximum Gasteiger partial charge on any atom is 0.251 e. The zero-order valence-corrected chi connectivity index (χ0v) is 18.6. The van der Waals surface area contributed by atoms with Crippen molar-refractivity contribution in [1.29, 1.82) is 0 Å². The number of nitrogens with zero attached hydrogens (tertiary/aromatic N) is 1. The van der Waals surface area contributed by atoms with Crippen molar-refractivity contribution in [3.63, 3.8) is 0 Å². The van der Waals surface area contributed by atoms with Crippen molar-refractivity contribution < 1.29 is 14.3 Å². The molecule has 2 aromatic carbocycles. The minimum atomic E-state index is -0.0771. The van der Waals surface area contributed by atoms with E-state index in [1.165, 1.54) is 0 Å². The summed E-state index contributed by atoms with van der Waals surface area (Å²) in [6.45, 7) is 2.68. The van der Waals surface area contributed by atoms with Crippen LogP contribution < -0.4 is 14.8 Å². The fourth-order valence-corrected chi connectivity index (χ4v) is 3.96. The molecule has 0 saturated heterocycles. The third-order valence-corrected chi connectivity index (χ3v) is 5.62. The lowest BCUT2D eigenvalue weighted by molar-refractivity contribution is 0.0954. The predicted molar refractivity (Wildman–Crippen MR) is 126 cm³/mol. The lowest BCUT2D eigenvalue weighted by atomic mass is 10.0. The summed E-state index contributed by atoms with van der Waals surface area (Å²) in [5, 5.41) is 4.06. The van der Waals surface area contributed by atoms with Gasteiger partial charge in [0.1, 0.15) is 0 Å². The molecular formula is C26H27N3O3. The van der Waals surface area contributed by atoms with Crippen molar-refractivity contribution >= 4 is 16.8 Å². The Morgan fingerprint density at radius 1 is 1.06 bits per heavy atom. The summed E-state index contributed by atoms with van der Waals surface area (Å²) in [6.07, 6.45) is 5.14. The molecule has 4 rings (SSSR count). The highest BCUT2D eigenvalue weighted by Crippen LogP contribution is 2.36. The summed E-state index contributed by atoms with van der Waals surface area (Å²) in [5.41, 5.74) is 5.95. The molecule has 0 saturated carbocycles. The molecule has 0 aliphatic heterocycles. The van der Waals surface area contributed by atoms with Gasteiger partial charge in [-0.2, -0.15) is 0 Å². The molecule has 0 aliphatic carbocycles. The first-order chi connectivity index (χ1) is 15.6. The molecule has 2 heterocycles. The van der Waals surface area contributed by atoms with Crippen molar-refractivity contribution in [3.8, 4) is 22.8 Å². The molecule has 0 radical (unpaired) electrons. The lowest BCUT2D eigenvalue weighted by Gasteiger charge is -2.10. The fourth-order valence-electron chi connectivity index (χ4n) is 3.96. The molecule has 164 valence electrons. The van der Waals surface area contributed by atoms with E-state index < -0.39 is 0 Å². The Morgan fingerprint density at radius 3 is 2.62 bits per heavy atom. The fraction of sp³-hybridized carbons (Fsp3) is 0.231. The number of carbonyl (C=O) groups excluding carboxylic acids is 1. The van der Waals surface area contributed by atoms with Crippen LogP contribution in [0.4, 0.5) is 0 Å². The maximum atomic E-state index is 12.7. The van der Waals surface area contributed by atoms with Crippen molar-refractivity contribution in [1.82, 2.24) is 15.3 Å². The van der Waals surface area contributed by atoms with E-state index in [0.29, 0.717) is 23.6 Å². The number of H-pyrrole nitrogens is 1. The van der Waals surface area contributed by atoms with Crippen molar-refractivity contribution in [3.05, 3.63) is 77.6 Å². The number of hydrogen-bond acceptors (Lipinski definition) is 4. The third kappa shape index (κ3) is 4.30. The van der Waals surface area contributed by atoms with Gasteiger partial charge in [0, 0.05) is 46.7 Å². The lowest BCUT2D eigenvalue weighted by Crippen LogP contribution is -2.25. The largest absolute Gasteiger partial charge is 0.493 e. The molecule has 1 amide bonds. The van der Waals surface area contributed by atoms with E-state index in [-0.39, 0.29) is 5.91 Å². The number of fused-ring (bicyclic) bond motifs is 1. The second-order valence-corrected chi connectivity index (χ2v) is 7.53. The van der Waals surface area contributed by atoms with Gasteiger partial charge in [-0.3, -0.25) is 9.78 Å². The Bertz CT molecular complexity index is 1230. The van der Waals surface area contributed by atoms with E-state index in [9.17, 15) is 4.79 Å². The Kier molecular flexibility index (Phi) is 6.40. The number of aromatic amines is 1. The van der Waals surface area contributed by atoms with Gasteiger partial charge in [-0.1, -0.05) is 13.0 Å². The molecule has 4 aromatic rings. The highest BCUT2D eigenvalue weighted by Gasteiger charge is 2.16. The summed E-state index contributed by atoms with van der Waals surface area (Å²) in [5.74, 6) is 1.29. The highest BCUT2D eigenvalue weighted by molar-refractivity contribution is 6.00. The number of benzene rings is 2. The molecule has 0 unspecified atom stereocenters. The van der Waals surface area contributed by atoms with Crippen LogP contribution in [0.15, 0.2) is 60.9 Å². The van der Waals surface area contributed by atoms with Gasteiger partial charge in [0.2, 0.25) is 0 Å². The molecule has 32 heavy (non-hydrogen) atoms. The van der Waals surface area contributed by atoms with Crippen molar-refractivity contribution in [2.75, 3.05) is 20.8 Å². The first-order valence-corrected chi connectivity index (χ1v) is 10.7. The van der Waals surface area contributed by atoms with Crippen LogP contribution in [0.3, 0.4) is 0 Å². The average Bonchev–Trinajstić information content (AvgIpc) is 3.22. The molecule has 6 nitrogen and oxygen atoms in total. The van der Waals surface area contributed by atoms with Crippen LogP contribution in [0.25, 0.3) is 22.2 Å². The summed E-state index contributed by atoms with van der Waals surface area (Å²) in [4.78, 5) is 20.4. The van der Waals surface area contributed by atoms with E-state index in [2.05, 4.69) is 22.2 Å². The number of rotatable bonds is 8. The average molecular weight is 430 g/mol. The molecule has 0 bridgehead atoms. The van der Waals surface area contributed by atoms with Gasteiger partial charge in [-0.15, -0.1) is 0 Å². The van der Waals surface area contributed by atoms with Gasteiger partial charge >= 0.3 is 0 Å². The van der Waals surface area contributed by atoms with E-state index in [0.717, 1.165) is 46.1 Å². The van der Waals surface area contributed by atoms with Gasteiger partial charge in [-0.25, -0.2) is 0 Å². The number of hydrogen-bond donors (Lipinski definition) is 2. The van der Waals surface area contributed by atoms with Crippen LogP contribution in [0.1, 0.15) is 28.4 Å². The van der Waals surface area contributed by atoms with Crippen molar-refractivity contribution in [2.24, 2.45) is 0 Å². The normalized spacial score (nSPS) is 10.8. The van der Waals surface area contributed by atoms with E-state index in [4.69, 9.17) is 9.47 Å². The zero-order valence-electron chi connectivity index (χ0n) is 18.6. The minimum Gasteiger partial charge on any atom is -0.493 e. The molecule has 2 N–H and O–H groups in total. The van der Waals surface area contributed by atoms with Gasteiger partial charge in [0.15, 0.2) is 11.5 Å². The summed E-state index contributed by atoms with van der Waals surface area (Å²) in [7, 11) is 3.26. The van der Waals surface area contributed by atoms with Crippen LogP contribution >= 0.6 is 0 Å². The SMILES string of the molecule is CCc1c(-c2ccc(OC)c(OC)c2)[nH]c2ccc(C(=O)NCCc3cccnc3)cc12. The van der Waals surface area contributed by atoms with Crippen molar-refractivity contribution in [2.45, 2.75) is 19.8 Å². The zero-order chi connectivity index (χ0) is 22.5. The minimum absolute atomic E-state index is 0.0771. The molecular weight excluding hydrogens is 402 g/mol. The van der Waals surface area contributed by atoms with E-state index in [1.54, 1.807) is 20.4 Å². The van der Waals surface area contributed by atoms with Crippen LogP contribution in [-0.4, -0.2) is 36.6 Å². The smallest absolute Gasteiger partial charge is 0.251 e. The Hall–Kier alpha value is -3.80. The third-order valence-electron chi connectivity index (χ3n) is 5.62. The van der Waals surface area contributed by atoms with Gasteiger partial charge in [-0.05, 0) is 66.4 Å². The Morgan fingerprint density at radius 2 is 1.91 bits per heavy atom. The summed E-state index contributed by atoms with van der Waals surface area (Å²) >= 11 is 0. The second-order valence-electron chi connectivity index (χ2n) is 7.53. The Labute approximate surface area is 187 Å². The number of aromatic nitrogens is 2. The van der Waals surface area contributed by atoms with Gasteiger partial charge in [0.25, 0.3) is 5.91 Å². The second kappa shape index (κ2) is 9.56. The number of carbonyl (C=O) groups is 1. The topological polar surface area (TPSA) is 76.2 Å². The first-order valence-electron chi connectivity index (χ1n) is 10.7. The number of ether oxygens (including phenoxy) is 2. The quantitative estimate of drug-likeness (QED) is 0.423. The summed E-state index contributed by atoms with van der Waals surface area (Å²) < 4.78 is 10.8. The van der Waals surface area contributed by atoms with Crippen LogP contribution in [0, 0.1) is 0 Å². The molecule has 0 aliphatic rings. The molecule has 2 aromatic heterocycles. The van der Waals surface area contributed by atoms with Crippen LogP contribution in [0.2, 0.25) is 0 Å². The van der Waals surface area contributed by atoms with Gasteiger partial charge in [0.05, 0.1) is 14.2 Å². The number of methoxy groups -OCH3 is 2. The van der Waals surface area contributed by atoms with Crippen LogP contribution in [0.5, 0.6) is 11.5 Å². The number of aryl methyl sites for hydroxylation is 1. The number of pyridine rings is 1. The highest BCUT2D eigenvalue weighted by atomic mass is 16.5. The summed E-state index contributed by atoms with van der Waals surface area (Å²) in [6, 6.07) is 15.6. The number of nitrogens with one attached hydrogen (secondary N) is 2.